The van der Waals surface area contributed by atoms with Crippen LogP contribution in [-0.2, 0) is 6.18 Å². The van der Waals surface area contributed by atoms with E-state index in [2.05, 4.69) is 20.1 Å². The van der Waals surface area contributed by atoms with Crippen LogP contribution in [0, 0.1) is 0 Å². The molecule has 2 rings (SSSR count). The van der Waals surface area contributed by atoms with E-state index in [1.54, 1.807) is 5.10 Å². The monoisotopic (exact) mass is 203 g/mol. The standard InChI is InChI=1S/C6H4F3N5/c7-6(8,9)5-12-4(13-14-5)3-1-10-2-11-3/h1-2H,(H,10,11)(H,12,13,14). The molecule has 2 aromatic heterocycles. The predicted molar refractivity (Wildman–Crippen MR) is 39.0 cm³/mol. The highest BCUT2D eigenvalue weighted by molar-refractivity contribution is 5.46. The first kappa shape index (κ1) is 8.73. The number of aromatic amines is 2. The summed E-state index contributed by atoms with van der Waals surface area (Å²) in [6.45, 7) is 0. The van der Waals surface area contributed by atoms with Crippen molar-refractivity contribution < 1.29 is 13.2 Å². The molecule has 2 N–H and O–H groups in total. The molecule has 0 amide bonds. The van der Waals surface area contributed by atoms with Gasteiger partial charge >= 0.3 is 6.18 Å². The van der Waals surface area contributed by atoms with Crippen molar-refractivity contribution in [1.82, 2.24) is 25.1 Å². The van der Waals surface area contributed by atoms with Crippen molar-refractivity contribution >= 4 is 0 Å². The van der Waals surface area contributed by atoms with Crippen LogP contribution in [0.3, 0.4) is 0 Å². The number of halogens is 3. The molecule has 8 heteroatoms. The summed E-state index contributed by atoms with van der Waals surface area (Å²) >= 11 is 0. The Morgan fingerprint density at radius 3 is 2.57 bits per heavy atom. The average Bonchev–Trinajstić information content (AvgIpc) is 2.73. The van der Waals surface area contributed by atoms with E-state index in [4.69, 9.17) is 0 Å². The van der Waals surface area contributed by atoms with Crippen LogP contribution in [0.1, 0.15) is 5.82 Å². The number of imidazole rings is 1. The van der Waals surface area contributed by atoms with Gasteiger partial charge in [0.25, 0.3) is 0 Å². The number of nitrogens with zero attached hydrogens (tertiary/aromatic N) is 3. The third-order valence-electron chi connectivity index (χ3n) is 1.49. The minimum atomic E-state index is -4.51. The molecule has 14 heavy (non-hydrogen) atoms. The zero-order valence-corrected chi connectivity index (χ0v) is 6.63. The molecule has 0 spiro atoms. The fourth-order valence-corrected chi connectivity index (χ4v) is 0.887. The van der Waals surface area contributed by atoms with Crippen LogP contribution >= 0.6 is 0 Å². The van der Waals surface area contributed by atoms with Gasteiger partial charge in [-0.25, -0.2) is 9.97 Å². The van der Waals surface area contributed by atoms with Gasteiger partial charge in [-0.2, -0.15) is 18.3 Å². The lowest BCUT2D eigenvalue weighted by Gasteiger charge is -1.98. The molecule has 0 aliphatic rings. The highest BCUT2D eigenvalue weighted by atomic mass is 19.4. The lowest BCUT2D eigenvalue weighted by Crippen LogP contribution is -2.07. The van der Waals surface area contributed by atoms with Gasteiger partial charge in [0, 0.05) is 0 Å². The van der Waals surface area contributed by atoms with Crippen LogP contribution in [0.5, 0.6) is 0 Å². The Morgan fingerprint density at radius 2 is 2.07 bits per heavy atom. The van der Waals surface area contributed by atoms with Crippen molar-refractivity contribution in [2.45, 2.75) is 6.18 Å². The molecule has 0 saturated carbocycles. The topological polar surface area (TPSA) is 70.2 Å². The molecule has 0 aliphatic heterocycles. The maximum atomic E-state index is 12.1. The molecule has 2 heterocycles. The fourth-order valence-electron chi connectivity index (χ4n) is 0.887. The molecule has 0 unspecified atom stereocenters. The maximum Gasteiger partial charge on any atom is 0.451 e. The Kier molecular flexibility index (Phi) is 1.76. The van der Waals surface area contributed by atoms with Gasteiger partial charge in [0.05, 0.1) is 12.5 Å². The first-order valence-electron chi connectivity index (χ1n) is 3.56. The first-order valence-corrected chi connectivity index (χ1v) is 3.56. The van der Waals surface area contributed by atoms with Crippen LogP contribution in [0.4, 0.5) is 13.2 Å². The molecule has 5 nitrogen and oxygen atoms in total. The number of hydrogen-bond donors (Lipinski definition) is 2. The van der Waals surface area contributed by atoms with Gasteiger partial charge in [-0.3, -0.25) is 5.10 Å². The number of hydrogen-bond acceptors (Lipinski definition) is 3. The second-order valence-corrected chi connectivity index (χ2v) is 2.47. The summed E-state index contributed by atoms with van der Waals surface area (Å²) < 4.78 is 36.2. The minimum absolute atomic E-state index is 0.0603. The summed E-state index contributed by atoms with van der Waals surface area (Å²) in [5.74, 6) is -1.18. The van der Waals surface area contributed by atoms with Gasteiger partial charge in [0.1, 0.15) is 5.69 Å². The number of H-pyrrole nitrogens is 2. The van der Waals surface area contributed by atoms with Crippen molar-refractivity contribution in [3.05, 3.63) is 18.3 Å². The van der Waals surface area contributed by atoms with E-state index >= 15 is 0 Å². The molecule has 0 bridgehead atoms. The number of aromatic nitrogens is 5. The molecule has 0 radical (unpaired) electrons. The number of rotatable bonds is 1. The third kappa shape index (κ3) is 1.45. The highest BCUT2D eigenvalue weighted by Crippen LogP contribution is 2.26. The predicted octanol–water partition coefficient (Wildman–Crippen LogP) is 1.21. The molecule has 0 atom stereocenters. The third-order valence-corrected chi connectivity index (χ3v) is 1.49. The highest BCUT2D eigenvalue weighted by Gasteiger charge is 2.35. The van der Waals surface area contributed by atoms with E-state index < -0.39 is 12.0 Å². The van der Waals surface area contributed by atoms with Crippen LogP contribution in [0.25, 0.3) is 11.5 Å². The molecule has 0 saturated heterocycles. The van der Waals surface area contributed by atoms with Gasteiger partial charge in [0.15, 0.2) is 5.82 Å². The van der Waals surface area contributed by atoms with Crippen molar-refractivity contribution in [3.63, 3.8) is 0 Å². The molecular weight excluding hydrogens is 199 g/mol. The average molecular weight is 203 g/mol. The van der Waals surface area contributed by atoms with E-state index in [1.807, 2.05) is 0 Å². The number of nitrogens with one attached hydrogen (secondary N) is 2. The zero-order valence-electron chi connectivity index (χ0n) is 6.63. The quantitative estimate of drug-likeness (QED) is 0.731. The second-order valence-electron chi connectivity index (χ2n) is 2.47. The Labute approximate surface area is 75.4 Å². The Hall–Kier alpha value is -1.86. The van der Waals surface area contributed by atoms with Gasteiger partial charge in [-0.05, 0) is 0 Å². The normalized spacial score (nSPS) is 11.9. The van der Waals surface area contributed by atoms with Crippen molar-refractivity contribution in [2.75, 3.05) is 0 Å². The molecule has 0 aliphatic carbocycles. The van der Waals surface area contributed by atoms with Crippen molar-refractivity contribution in [3.8, 4) is 11.5 Å². The smallest absolute Gasteiger partial charge is 0.342 e. The van der Waals surface area contributed by atoms with Gasteiger partial charge in [0.2, 0.25) is 5.82 Å². The molecule has 74 valence electrons. The van der Waals surface area contributed by atoms with Crippen molar-refractivity contribution in [1.29, 1.82) is 0 Å². The van der Waals surface area contributed by atoms with Crippen LogP contribution < -0.4 is 0 Å². The van der Waals surface area contributed by atoms with Crippen LogP contribution in [-0.4, -0.2) is 25.1 Å². The Morgan fingerprint density at radius 1 is 1.29 bits per heavy atom. The van der Waals surface area contributed by atoms with Gasteiger partial charge < -0.3 is 4.98 Å². The van der Waals surface area contributed by atoms with E-state index in [1.165, 1.54) is 12.5 Å². The summed E-state index contributed by atoms with van der Waals surface area (Å²) in [6, 6.07) is 0. The summed E-state index contributed by atoms with van der Waals surface area (Å²) in [4.78, 5) is 9.50. The SMILES string of the molecule is FC(F)(F)c1nc(-c2cnc[nH]2)n[nH]1. The van der Waals surface area contributed by atoms with E-state index in [0.717, 1.165) is 0 Å². The Balaban J connectivity index is 2.36. The largest absolute Gasteiger partial charge is 0.451 e. The zero-order chi connectivity index (χ0) is 10.2. The summed E-state index contributed by atoms with van der Waals surface area (Å²) in [5.41, 5.74) is 0.330. The maximum absolute atomic E-state index is 12.1. The van der Waals surface area contributed by atoms with E-state index in [0.29, 0.717) is 5.69 Å². The second kappa shape index (κ2) is 2.82. The van der Waals surface area contributed by atoms with Crippen LogP contribution in [0.15, 0.2) is 12.5 Å². The summed E-state index contributed by atoms with van der Waals surface area (Å²) in [6.07, 6.45) is -1.84. The summed E-state index contributed by atoms with van der Waals surface area (Å²) in [7, 11) is 0. The van der Waals surface area contributed by atoms with E-state index in [-0.39, 0.29) is 5.82 Å². The van der Waals surface area contributed by atoms with Gasteiger partial charge in [-0.15, -0.1) is 0 Å². The minimum Gasteiger partial charge on any atom is -0.342 e. The lowest BCUT2D eigenvalue weighted by molar-refractivity contribution is -0.144. The number of alkyl halides is 3. The summed E-state index contributed by atoms with van der Waals surface area (Å²) in [5, 5.41) is 5.20. The molecule has 2 aromatic rings. The molecular formula is C6H4F3N5. The molecule has 0 aromatic carbocycles. The van der Waals surface area contributed by atoms with Crippen molar-refractivity contribution in [2.24, 2.45) is 0 Å². The van der Waals surface area contributed by atoms with Gasteiger partial charge in [-0.1, -0.05) is 0 Å². The first-order chi connectivity index (χ1) is 6.57. The lowest BCUT2D eigenvalue weighted by atomic mass is 10.4. The Bertz CT molecular complexity index is 415. The fraction of sp³-hybridized carbons (Fsp3) is 0.167. The van der Waals surface area contributed by atoms with E-state index in [9.17, 15) is 13.2 Å². The molecule has 0 fully saturated rings. The van der Waals surface area contributed by atoms with Crippen LogP contribution in [0.2, 0.25) is 0 Å².